The molecule has 0 atom stereocenters. The molecule has 2 aromatic rings. The lowest BCUT2D eigenvalue weighted by atomic mass is 9.77. The van der Waals surface area contributed by atoms with Crippen LogP contribution < -0.4 is 0 Å². The Morgan fingerprint density at radius 3 is 1.45 bits per heavy atom. The summed E-state index contributed by atoms with van der Waals surface area (Å²) < 4.78 is 12.6. The standard InChI is InChI=1S/C30H39F/c1-2-3-4-23-5-9-25(10-6-23)27-13-17-29(18-14-27)30-19-15-28(16-20-30)26-11-7-24(8-12-26)21-22-31/h2,13-20,23-26H,1,3-12,21-22H2. The van der Waals surface area contributed by atoms with Crippen molar-refractivity contribution in [2.24, 2.45) is 11.8 Å². The molecule has 4 rings (SSSR count). The fraction of sp³-hybridized carbons (Fsp3) is 0.533. The normalized spacial score (nSPS) is 26.5. The summed E-state index contributed by atoms with van der Waals surface area (Å²) in [5.41, 5.74) is 5.62. The molecule has 31 heavy (non-hydrogen) atoms. The van der Waals surface area contributed by atoms with Crippen molar-refractivity contribution in [3.8, 4) is 11.1 Å². The molecule has 0 spiro atoms. The van der Waals surface area contributed by atoms with Crippen LogP contribution in [0.3, 0.4) is 0 Å². The highest BCUT2D eigenvalue weighted by molar-refractivity contribution is 5.64. The fourth-order valence-electron chi connectivity index (χ4n) is 5.97. The smallest absolute Gasteiger partial charge is 0.0897 e. The molecule has 0 unspecified atom stereocenters. The molecule has 0 heterocycles. The van der Waals surface area contributed by atoms with Crippen molar-refractivity contribution < 1.29 is 4.39 Å². The van der Waals surface area contributed by atoms with Crippen molar-refractivity contribution in [1.82, 2.24) is 0 Å². The SMILES string of the molecule is C=CCCC1CCC(c2ccc(-c3ccc(C4CCC(CCF)CC4)cc3)cc2)CC1. The van der Waals surface area contributed by atoms with E-state index in [2.05, 4.69) is 61.2 Å². The van der Waals surface area contributed by atoms with Gasteiger partial charge in [0.25, 0.3) is 0 Å². The monoisotopic (exact) mass is 418 g/mol. The van der Waals surface area contributed by atoms with E-state index in [9.17, 15) is 4.39 Å². The number of allylic oxidation sites excluding steroid dienone is 1. The molecule has 1 heteroatoms. The molecule has 2 aliphatic carbocycles. The summed E-state index contributed by atoms with van der Waals surface area (Å²) in [5.74, 6) is 2.92. The average molecular weight is 419 g/mol. The second-order valence-electron chi connectivity index (χ2n) is 10.0. The van der Waals surface area contributed by atoms with Gasteiger partial charge in [-0.2, -0.15) is 0 Å². The summed E-state index contributed by atoms with van der Waals surface area (Å²) in [6, 6.07) is 18.6. The highest BCUT2D eigenvalue weighted by atomic mass is 19.1. The third-order valence-corrected chi connectivity index (χ3v) is 8.09. The summed E-state index contributed by atoms with van der Waals surface area (Å²) in [6.07, 6.45) is 15.6. The first-order valence-corrected chi connectivity index (χ1v) is 12.6. The minimum Gasteiger partial charge on any atom is -0.251 e. The zero-order chi connectivity index (χ0) is 21.5. The quantitative estimate of drug-likeness (QED) is 0.375. The number of hydrogen-bond acceptors (Lipinski definition) is 0. The Labute approximate surface area is 189 Å². The topological polar surface area (TPSA) is 0 Å². The highest BCUT2D eigenvalue weighted by Gasteiger charge is 2.23. The molecule has 2 aliphatic rings. The van der Waals surface area contributed by atoms with Crippen LogP contribution in [0.2, 0.25) is 0 Å². The van der Waals surface area contributed by atoms with Crippen molar-refractivity contribution >= 4 is 0 Å². The first kappa shape index (κ1) is 22.3. The average Bonchev–Trinajstić information content (AvgIpc) is 2.84. The fourth-order valence-corrected chi connectivity index (χ4v) is 5.97. The van der Waals surface area contributed by atoms with E-state index in [-0.39, 0.29) is 6.67 Å². The Morgan fingerprint density at radius 1 is 0.645 bits per heavy atom. The van der Waals surface area contributed by atoms with E-state index in [0.29, 0.717) is 11.8 Å². The van der Waals surface area contributed by atoms with E-state index < -0.39 is 0 Å². The van der Waals surface area contributed by atoms with E-state index in [0.717, 1.165) is 18.3 Å². The van der Waals surface area contributed by atoms with E-state index in [1.807, 2.05) is 0 Å². The lowest BCUT2D eigenvalue weighted by molar-refractivity contribution is 0.283. The van der Waals surface area contributed by atoms with Gasteiger partial charge in [0.1, 0.15) is 0 Å². The van der Waals surface area contributed by atoms with Gasteiger partial charge in [0.05, 0.1) is 6.67 Å². The van der Waals surface area contributed by atoms with Gasteiger partial charge in [0, 0.05) is 0 Å². The first-order valence-electron chi connectivity index (χ1n) is 12.6. The number of alkyl halides is 1. The molecule has 2 fully saturated rings. The van der Waals surface area contributed by atoms with Gasteiger partial charge in [0.15, 0.2) is 0 Å². The third kappa shape index (κ3) is 5.88. The van der Waals surface area contributed by atoms with Crippen LogP contribution in [0.4, 0.5) is 4.39 Å². The van der Waals surface area contributed by atoms with Gasteiger partial charge < -0.3 is 0 Å². The van der Waals surface area contributed by atoms with Crippen LogP contribution in [-0.4, -0.2) is 6.67 Å². The third-order valence-electron chi connectivity index (χ3n) is 8.09. The van der Waals surface area contributed by atoms with Crippen LogP contribution in [0.15, 0.2) is 61.2 Å². The first-order chi connectivity index (χ1) is 15.3. The van der Waals surface area contributed by atoms with Crippen molar-refractivity contribution in [3.63, 3.8) is 0 Å². The molecule has 0 amide bonds. The lowest BCUT2D eigenvalue weighted by Crippen LogP contribution is -2.13. The van der Waals surface area contributed by atoms with Gasteiger partial charge in [-0.05, 0) is 117 Å². The molecule has 0 N–H and O–H groups in total. The van der Waals surface area contributed by atoms with Gasteiger partial charge in [-0.25, -0.2) is 0 Å². The second-order valence-corrected chi connectivity index (χ2v) is 10.0. The van der Waals surface area contributed by atoms with Crippen molar-refractivity contribution in [3.05, 3.63) is 72.3 Å². The number of rotatable bonds is 8. The van der Waals surface area contributed by atoms with E-state index in [4.69, 9.17) is 0 Å². The molecule has 0 aromatic heterocycles. The van der Waals surface area contributed by atoms with Gasteiger partial charge in [-0.1, -0.05) is 54.6 Å². The maximum atomic E-state index is 12.6. The summed E-state index contributed by atoms with van der Waals surface area (Å²) in [6.45, 7) is 3.71. The summed E-state index contributed by atoms with van der Waals surface area (Å²) in [5, 5.41) is 0. The Kier molecular flexibility index (Phi) is 8.00. The van der Waals surface area contributed by atoms with Crippen molar-refractivity contribution in [2.75, 3.05) is 6.67 Å². The van der Waals surface area contributed by atoms with E-state index in [1.165, 1.54) is 86.5 Å². The molecular weight excluding hydrogens is 379 g/mol. The predicted octanol–water partition coefficient (Wildman–Crippen LogP) is 9.23. The minimum absolute atomic E-state index is 0.153. The van der Waals surface area contributed by atoms with Crippen LogP contribution in [0.5, 0.6) is 0 Å². The second kappa shape index (κ2) is 11.1. The maximum Gasteiger partial charge on any atom is 0.0897 e. The minimum atomic E-state index is -0.153. The molecule has 0 bridgehead atoms. The number of hydrogen-bond donors (Lipinski definition) is 0. The Bertz CT molecular complexity index is 787. The molecule has 0 radical (unpaired) electrons. The van der Waals surface area contributed by atoms with Crippen LogP contribution in [0.25, 0.3) is 11.1 Å². The predicted molar refractivity (Wildman–Crippen MR) is 131 cm³/mol. The summed E-state index contributed by atoms with van der Waals surface area (Å²) in [7, 11) is 0. The molecule has 0 aliphatic heterocycles. The largest absolute Gasteiger partial charge is 0.251 e. The Morgan fingerprint density at radius 2 is 1.06 bits per heavy atom. The summed E-state index contributed by atoms with van der Waals surface area (Å²) in [4.78, 5) is 0. The van der Waals surface area contributed by atoms with Crippen LogP contribution >= 0.6 is 0 Å². The molecular formula is C30H39F. The van der Waals surface area contributed by atoms with E-state index >= 15 is 0 Å². The van der Waals surface area contributed by atoms with Gasteiger partial charge >= 0.3 is 0 Å². The Balaban J connectivity index is 1.32. The maximum absolute atomic E-state index is 12.6. The highest BCUT2D eigenvalue weighted by Crippen LogP contribution is 2.39. The Hall–Kier alpha value is -1.89. The van der Waals surface area contributed by atoms with E-state index in [1.54, 1.807) is 0 Å². The van der Waals surface area contributed by atoms with Crippen LogP contribution in [-0.2, 0) is 0 Å². The molecule has 2 aromatic carbocycles. The van der Waals surface area contributed by atoms with Crippen LogP contribution in [0.1, 0.15) is 93.6 Å². The molecule has 0 saturated heterocycles. The number of halogens is 1. The van der Waals surface area contributed by atoms with Gasteiger partial charge in [0.2, 0.25) is 0 Å². The van der Waals surface area contributed by atoms with Gasteiger partial charge in [-0.15, -0.1) is 6.58 Å². The molecule has 166 valence electrons. The summed E-state index contributed by atoms with van der Waals surface area (Å²) >= 11 is 0. The number of benzene rings is 2. The lowest BCUT2D eigenvalue weighted by Gasteiger charge is -2.29. The van der Waals surface area contributed by atoms with Gasteiger partial charge in [-0.3, -0.25) is 4.39 Å². The van der Waals surface area contributed by atoms with Crippen LogP contribution in [0, 0.1) is 11.8 Å². The zero-order valence-electron chi connectivity index (χ0n) is 19.1. The molecule has 0 nitrogen and oxygen atoms in total. The van der Waals surface area contributed by atoms with Crippen molar-refractivity contribution in [1.29, 1.82) is 0 Å². The zero-order valence-corrected chi connectivity index (χ0v) is 19.1. The van der Waals surface area contributed by atoms with Crippen molar-refractivity contribution in [2.45, 2.75) is 82.5 Å². The molecule has 2 saturated carbocycles.